The number of hydrogen-bond acceptors (Lipinski definition) is 4. The smallest absolute Gasteiger partial charge is 0.229 e. The van der Waals surface area contributed by atoms with Crippen molar-refractivity contribution in [3.05, 3.63) is 83.6 Å². The molecule has 0 bridgehead atoms. The number of carbonyl (C=O) groups is 1. The molecule has 1 heterocycles. The Balaban J connectivity index is 1.54. The van der Waals surface area contributed by atoms with Crippen LogP contribution in [0.15, 0.2) is 66.9 Å². The first-order valence-electron chi connectivity index (χ1n) is 8.81. The normalized spacial score (nSPS) is 10.3. The molecule has 0 atom stereocenters. The first-order chi connectivity index (χ1) is 13.1. The van der Waals surface area contributed by atoms with Crippen molar-refractivity contribution in [2.45, 2.75) is 19.9 Å². The Labute approximate surface area is 159 Å². The van der Waals surface area contributed by atoms with Gasteiger partial charge >= 0.3 is 0 Å². The molecule has 0 saturated carbocycles. The van der Waals surface area contributed by atoms with Gasteiger partial charge in [0, 0.05) is 12.1 Å². The van der Waals surface area contributed by atoms with Crippen LogP contribution >= 0.6 is 0 Å². The molecule has 3 rings (SSSR count). The zero-order chi connectivity index (χ0) is 19.1. The molecule has 0 aliphatic carbocycles. The largest absolute Gasteiger partial charge is 0.496 e. The highest BCUT2D eigenvalue weighted by atomic mass is 16.5. The number of amides is 1. The van der Waals surface area contributed by atoms with E-state index in [1.165, 1.54) is 0 Å². The quantitative estimate of drug-likeness (QED) is 0.662. The highest BCUT2D eigenvalue weighted by Gasteiger charge is 2.06. The molecule has 1 aromatic heterocycles. The minimum atomic E-state index is -0.0807. The maximum absolute atomic E-state index is 12.2. The second kappa shape index (κ2) is 8.85. The lowest BCUT2D eigenvalue weighted by atomic mass is 10.1. The maximum atomic E-state index is 12.2. The summed E-state index contributed by atoms with van der Waals surface area (Å²) in [6, 6.07) is 19.5. The van der Waals surface area contributed by atoms with E-state index in [2.05, 4.69) is 15.6 Å². The second-order valence-electron chi connectivity index (χ2n) is 6.31. The van der Waals surface area contributed by atoms with Crippen molar-refractivity contribution in [3.63, 3.8) is 0 Å². The van der Waals surface area contributed by atoms with Crippen LogP contribution in [-0.4, -0.2) is 18.0 Å². The summed E-state index contributed by atoms with van der Waals surface area (Å²) in [4.78, 5) is 16.5. The molecule has 3 aromatic rings. The summed E-state index contributed by atoms with van der Waals surface area (Å²) in [6.07, 6.45) is 2.04. The van der Waals surface area contributed by atoms with Crippen LogP contribution in [0.3, 0.4) is 0 Å². The van der Waals surface area contributed by atoms with Gasteiger partial charge in [0.25, 0.3) is 0 Å². The van der Waals surface area contributed by atoms with Crippen molar-refractivity contribution in [1.29, 1.82) is 0 Å². The number of hydrogen-bond donors (Lipinski definition) is 2. The highest BCUT2D eigenvalue weighted by Crippen LogP contribution is 2.19. The highest BCUT2D eigenvalue weighted by molar-refractivity contribution is 5.91. The number of rotatable bonds is 7. The summed E-state index contributed by atoms with van der Waals surface area (Å²) >= 11 is 0. The second-order valence-corrected chi connectivity index (χ2v) is 6.31. The molecule has 0 spiro atoms. The minimum absolute atomic E-state index is 0.0807. The molecule has 2 aromatic carbocycles. The van der Waals surface area contributed by atoms with Crippen molar-refractivity contribution in [1.82, 2.24) is 4.98 Å². The van der Waals surface area contributed by atoms with Crippen LogP contribution in [0.5, 0.6) is 5.75 Å². The zero-order valence-corrected chi connectivity index (χ0v) is 15.5. The van der Waals surface area contributed by atoms with Gasteiger partial charge < -0.3 is 15.4 Å². The van der Waals surface area contributed by atoms with E-state index in [1.807, 2.05) is 61.5 Å². The van der Waals surface area contributed by atoms with Gasteiger partial charge in [0.05, 0.1) is 25.4 Å². The molecule has 27 heavy (non-hydrogen) atoms. The Hall–Kier alpha value is -3.34. The predicted molar refractivity (Wildman–Crippen MR) is 108 cm³/mol. The van der Waals surface area contributed by atoms with Crippen molar-refractivity contribution in [2.24, 2.45) is 0 Å². The average molecular weight is 361 g/mol. The molecule has 0 aliphatic rings. The summed E-state index contributed by atoms with van der Waals surface area (Å²) in [5.41, 5.74) is 4.07. The number of pyridine rings is 1. The minimum Gasteiger partial charge on any atom is -0.496 e. The van der Waals surface area contributed by atoms with E-state index in [1.54, 1.807) is 19.4 Å². The lowest BCUT2D eigenvalue weighted by Crippen LogP contribution is -2.15. The number of ether oxygens (including phenoxy) is 1. The third kappa shape index (κ3) is 5.31. The number of para-hydroxylation sites is 1. The summed E-state index contributed by atoms with van der Waals surface area (Å²) < 4.78 is 5.35. The fraction of sp³-hybridized carbons (Fsp3) is 0.182. The fourth-order valence-corrected chi connectivity index (χ4v) is 2.81. The molecular formula is C22H23N3O2. The first-order valence-corrected chi connectivity index (χ1v) is 8.81. The van der Waals surface area contributed by atoms with Crippen LogP contribution < -0.4 is 15.4 Å². The predicted octanol–water partition coefficient (Wildman–Crippen LogP) is 4.19. The van der Waals surface area contributed by atoms with Crippen molar-refractivity contribution >= 4 is 17.4 Å². The Bertz CT molecular complexity index is 907. The van der Waals surface area contributed by atoms with Gasteiger partial charge in [-0.2, -0.15) is 0 Å². The number of methoxy groups -OCH3 is 1. The van der Waals surface area contributed by atoms with Crippen LogP contribution in [0.2, 0.25) is 0 Å². The number of nitrogens with one attached hydrogen (secondary N) is 2. The molecule has 0 aliphatic heterocycles. The van der Waals surface area contributed by atoms with Crippen molar-refractivity contribution in [2.75, 3.05) is 17.7 Å². The third-order valence-corrected chi connectivity index (χ3v) is 4.15. The van der Waals surface area contributed by atoms with E-state index in [-0.39, 0.29) is 5.91 Å². The zero-order valence-electron chi connectivity index (χ0n) is 15.5. The summed E-state index contributed by atoms with van der Waals surface area (Å²) in [7, 11) is 1.66. The Morgan fingerprint density at radius 3 is 2.67 bits per heavy atom. The third-order valence-electron chi connectivity index (χ3n) is 4.15. The molecule has 1 amide bonds. The van der Waals surface area contributed by atoms with Gasteiger partial charge in [0.1, 0.15) is 11.6 Å². The van der Waals surface area contributed by atoms with E-state index in [4.69, 9.17) is 4.74 Å². The van der Waals surface area contributed by atoms with Gasteiger partial charge in [-0.1, -0.05) is 48.0 Å². The van der Waals surface area contributed by atoms with Crippen molar-refractivity contribution < 1.29 is 9.53 Å². The van der Waals surface area contributed by atoms with Gasteiger partial charge in [-0.05, 0) is 30.7 Å². The Kier molecular flexibility index (Phi) is 6.05. The van der Waals surface area contributed by atoms with Crippen LogP contribution in [-0.2, 0) is 17.8 Å². The van der Waals surface area contributed by atoms with Gasteiger partial charge in [-0.3, -0.25) is 4.79 Å². The fourth-order valence-electron chi connectivity index (χ4n) is 2.81. The topological polar surface area (TPSA) is 63.2 Å². The van der Waals surface area contributed by atoms with E-state index in [0.29, 0.717) is 18.8 Å². The SMILES string of the molecule is COc1ccccc1CNc1ccc(NC(=O)Cc2cccc(C)c2)nc1. The Morgan fingerprint density at radius 2 is 1.93 bits per heavy atom. The molecule has 138 valence electrons. The molecule has 0 fully saturated rings. The molecule has 2 N–H and O–H groups in total. The number of benzene rings is 2. The average Bonchev–Trinajstić information content (AvgIpc) is 2.67. The molecule has 0 saturated heterocycles. The first kappa shape index (κ1) is 18.5. The van der Waals surface area contributed by atoms with Crippen LogP contribution in [0, 0.1) is 6.92 Å². The van der Waals surface area contributed by atoms with Gasteiger partial charge in [0.15, 0.2) is 0 Å². The van der Waals surface area contributed by atoms with E-state index >= 15 is 0 Å². The molecule has 0 radical (unpaired) electrons. The summed E-state index contributed by atoms with van der Waals surface area (Å²) in [5.74, 6) is 1.30. The van der Waals surface area contributed by atoms with Gasteiger partial charge in [-0.15, -0.1) is 0 Å². The van der Waals surface area contributed by atoms with Crippen LogP contribution in [0.4, 0.5) is 11.5 Å². The number of aromatic nitrogens is 1. The van der Waals surface area contributed by atoms with Crippen molar-refractivity contribution in [3.8, 4) is 5.75 Å². The molecular weight excluding hydrogens is 338 g/mol. The van der Waals surface area contributed by atoms with E-state index in [9.17, 15) is 4.79 Å². The molecule has 5 heteroatoms. The van der Waals surface area contributed by atoms with Crippen LogP contribution in [0.25, 0.3) is 0 Å². The number of nitrogens with zero attached hydrogens (tertiary/aromatic N) is 1. The monoisotopic (exact) mass is 361 g/mol. The number of anilines is 2. The maximum Gasteiger partial charge on any atom is 0.229 e. The molecule has 5 nitrogen and oxygen atoms in total. The summed E-state index contributed by atoms with van der Waals surface area (Å²) in [6.45, 7) is 2.64. The number of carbonyl (C=O) groups excluding carboxylic acids is 1. The van der Waals surface area contributed by atoms with Crippen LogP contribution in [0.1, 0.15) is 16.7 Å². The molecule has 0 unspecified atom stereocenters. The van der Waals surface area contributed by atoms with Gasteiger partial charge in [-0.25, -0.2) is 4.98 Å². The standard InChI is InChI=1S/C22H23N3O2/c1-16-6-5-7-17(12-16)13-22(26)25-21-11-10-19(15-24-21)23-14-18-8-3-4-9-20(18)27-2/h3-12,15,23H,13-14H2,1-2H3,(H,24,25,26). The van der Waals surface area contributed by atoms with Gasteiger partial charge in [0.2, 0.25) is 5.91 Å². The van der Waals surface area contributed by atoms with E-state index < -0.39 is 0 Å². The summed E-state index contributed by atoms with van der Waals surface area (Å²) in [5, 5.41) is 6.14. The van der Waals surface area contributed by atoms with E-state index in [0.717, 1.165) is 28.1 Å². The lowest BCUT2D eigenvalue weighted by Gasteiger charge is -2.11. The number of aryl methyl sites for hydroxylation is 1. The Morgan fingerprint density at radius 1 is 1.07 bits per heavy atom. The lowest BCUT2D eigenvalue weighted by molar-refractivity contribution is -0.115.